The Labute approximate surface area is 154 Å². The molecule has 0 amide bonds. The predicted octanol–water partition coefficient (Wildman–Crippen LogP) is 0.653. The van der Waals surface area contributed by atoms with E-state index in [0.29, 0.717) is 18.6 Å². The van der Waals surface area contributed by atoms with E-state index < -0.39 is 30.3 Å². The zero-order valence-corrected chi connectivity index (χ0v) is 16.0. The van der Waals surface area contributed by atoms with Crippen LogP contribution >= 0.6 is 0 Å². The molecule has 2 heterocycles. The summed E-state index contributed by atoms with van der Waals surface area (Å²) in [6, 6.07) is 0. The molecule has 2 aliphatic heterocycles. The fourth-order valence-electron chi connectivity index (χ4n) is 3.49. The zero-order valence-electron chi connectivity index (χ0n) is 16.0. The molecule has 150 valence electrons. The van der Waals surface area contributed by atoms with Crippen molar-refractivity contribution in [2.24, 2.45) is 17.8 Å². The van der Waals surface area contributed by atoms with E-state index in [1.165, 1.54) is 7.11 Å². The van der Waals surface area contributed by atoms with Gasteiger partial charge in [0.15, 0.2) is 0 Å². The molecule has 2 saturated heterocycles. The van der Waals surface area contributed by atoms with Crippen molar-refractivity contribution in [2.45, 2.75) is 70.2 Å². The summed E-state index contributed by atoms with van der Waals surface area (Å²) in [4.78, 5) is 11.6. The van der Waals surface area contributed by atoms with Crippen molar-refractivity contribution in [1.82, 2.24) is 0 Å². The van der Waals surface area contributed by atoms with Gasteiger partial charge >= 0.3 is 5.97 Å². The van der Waals surface area contributed by atoms with Gasteiger partial charge in [0.1, 0.15) is 6.10 Å². The summed E-state index contributed by atoms with van der Waals surface area (Å²) in [5, 5.41) is 30.5. The topological polar surface area (TPSA) is 109 Å². The number of aliphatic hydroxyl groups is 3. The van der Waals surface area contributed by atoms with Crippen LogP contribution in [0.25, 0.3) is 0 Å². The first kappa shape index (κ1) is 21.3. The maximum absolute atomic E-state index is 11.6. The van der Waals surface area contributed by atoms with Gasteiger partial charge < -0.3 is 29.5 Å². The summed E-state index contributed by atoms with van der Waals surface area (Å²) < 4.78 is 16.1. The zero-order chi connectivity index (χ0) is 19.6. The molecule has 0 radical (unpaired) electrons. The Hall–Kier alpha value is -0.990. The van der Waals surface area contributed by atoms with Gasteiger partial charge in [0, 0.05) is 11.8 Å². The fourth-order valence-corrected chi connectivity index (χ4v) is 3.49. The van der Waals surface area contributed by atoms with Crippen LogP contribution in [0.2, 0.25) is 0 Å². The summed E-state index contributed by atoms with van der Waals surface area (Å²) >= 11 is 0. The van der Waals surface area contributed by atoms with Crippen molar-refractivity contribution in [3.05, 3.63) is 12.2 Å². The maximum atomic E-state index is 11.6. The van der Waals surface area contributed by atoms with Gasteiger partial charge in [-0.3, -0.25) is 4.79 Å². The van der Waals surface area contributed by atoms with Crippen LogP contribution in [0.1, 0.15) is 33.6 Å². The van der Waals surface area contributed by atoms with E-state index in [-0.39, 0.29) is 36.4 Å². The minimum Gasteiger partial charge on any atom is -0.469 e. The third-order valence-electron chi connectivity index (χ3n) is 5.80. The van der Waals surface area contributed by atoms with E-state index in [1.54, 1.807) is 13.8 Å². The highest BCUT2D eigenvalue weighted by atomic mass is 16.6. The van der Waals surface area contributed by atoms with Crippen molar-refractivity contribution < 1.29 is 34.3 Å². The number of ether oxygens (including phenoxy) is 3. The first-order valence-corrected chi connectivity index (χ1v) is 9.24. The second-order valence-corrected chi connectivity index (χ2v) is 7.69. The number of carbonyl (C=O) groups is 1. The monoisotopic (exact) mass is 372 g/mol. The lowest BCUT2D eigenvalue weighted by Crippen LogP contribution is -2.50. The smallest absolute Gasteiger partial charge is 0.312 e. The lowest BCUT2D eigenvalue weighted by atomic mass is 9.84. The number of epoxide rings is 1. The van der Waals surface area contributed by atoms with Crippen molar-refractivity contribution in [3.8, 4) is 0 Å². The van der Waals surface area contributed by atoms with E-state index in [2.05, 4.69) is 6.58 Å². The maximum Gasteiger partial charge on any atom is 0.312 e. The van der Waals surface area contributed by atoms with Crippen molar-refractivity contribution in [1.29, 1.82) is 0 Å². The van der Waals surface area contributed by atoms with Crippen LogP contribution in [-0.2, 0) is 19.0 Å². The average Bonchev–Trinajstić information content (AvgIpc) is 3.38. The van der Waals surface area contributed by atoms with Gasteiger partial charge in [0.2, 0.25) is 0 Å². The molecule has 7 heteroatoms. The Balaban J connectivity index is 1.84. The molecule has 0 aromatic heterocycles. The van der Waals surface area contributed by atoms with Crippen molar-refractivity contribution in [2.75, 3.05) is 13.7 Å². The molecule has 7 nitrogen and oxygen atoms in total. The van der Waals surface area contributed by atoms with Crippen LogP contribution < -0.4 is 0 Å². The second kappa shape index (κ2) is 8.80. The van der Waals surface area contributed by atoms with Crippen molar-refractivity contribution in [3.63, 3.8) is 0 Å². The molecule has 0 aromatic rings. The van der Waals surface area contributed by atoms with Gasteiger partial charge in [-0.2, -0.15) is 0 Å². The first-order chi connectivity index (χ1) is 12.2. The van der Waals surface area contributed by atoms with Gasteiger partial charge in [-0.25, -0.2) is 0 Å². The molecule has 0 aliphatic carbocycles. The highest BCUT2D eigenvalue weighted by Crippen LogP contribution is 2.38. The molecule has 9 atom stereocenters. The molecule has 0 bridgehead atoms. The Morgan fingerprint density at radius 3 is 2.46 bits per heavy atom. The van der Waals surface area contributed by atoms with E-state index >= 15 is 0 Å². The van der Waals surface area contributed by atoms with Crippen LogP contribution in [0.3, 0.4) is 0 Å². The number of rotatable bonds is 8. The Morgan fingerprint density at radius 2 is 1.88 bits per heavy atom. The Morgan fingerprint density at radius 1 is 1.23 bits per heavy atom. The molecule has 0 saturated carbocycles. The molecule has 9 unspecified atom stereocenters. The van der Waals surface area contributed by atoms with Gasteiger partial charge in [0.25, 0.3) is 0 Å². The number of carbonyl (C=O) groups excluding carboxylic acids is 1. The lowest BCUT2D eigenvalue weighted by Gasteiger charge is -2.38. The SMILES string of the molecule is C=C(CC1OCC(CC2OC2C(C)C(C)O)C(O)C1O)C(C)C(=O)OC. The van der Waals surface area contributed by atoms with Gasteiger partial charge in [-0.15, -0.1) is 0 Å². The van der Waals surface area contributed by atoms with E-state index in [1.807, 2.05) is 6.92 Å². The van der Waals surface area contributed by atoms with Crippen LogP contribution in [0.4, 0.5) is 0 Å². The van der Waals surface area contributed by atoms with E-state index in [9.17, 15) is 20.1 Å². The molecule has 0 aromatic carbocycles. The molecule has 3 N–H and O–H groups in total. The summed E-state index contributed by atoms with van der Waals surface area (Å²) in [6.45, 7) is 9.55. The third-order valence-corrected chi connectivity index (χ3v) is 5.80. The molecule has 0 spiro atoms. The minimum atomic E-state index is -1.05. The largest absolute Gasteiger partial charge is 0.469 e. The summed E-state index contributed by atoms with van der Waals surface area (Å²) in [5.41, 5.74) is 0.600. The van der Waals surface area contributed by atoms with E-state index in [4.69, 9.17) is 14.2 Å². The van der Waals surface area contributed by atoms with Crippen LogP contribution in [0.5, 0.6) is 0 Å². The average molecular weight is 372 g/mol. The number of aliphatic hydroxyl groups excluding tert-OH is 3. The van der Waals surface area contributed by atoms with Crippen molar-refractivity contribution >= 4 is 5.97 Å². The highest BCUT2D eigenvalue weighted by molar-refractivity contribution is 5.75. The summed E-state index contributed by atoms with van der Waals surface area (Å²) in [5.74, 6) is -1.08. The standard InChI is InChI=1S/C19H32O7/c1-9(10(2)19(23)24-5)6-14-17(22)16(21)13(8-25-14)7-15-18(26-15)11(3)12(4)20/h10-18,20-22H,1,6-8H2,2-5H3. The minimum absolute atomic E-state index is 0.0160. The fraction of sp³-hybridized carbons (Fsp3) is 0.842. The van der Waals surface area contributed by atoms with Crippen LogP contribution in [-0.4, -0.2) is 71.6 Å². The van der Waals surface area contributed by atoms with Gasteiger partial charge in [0.05, 0.1) is 50.2 Å². The molecule has 2 rings (SSSR count). The predicted molar refractivity (Wildman–Crippen MR) is 94.3 cm³/mol. The summed E-state index contributed by atoms with van der Waals surface area (Å²) in [6.07, 6.45) is -2.22. The molecule has 26 heavy (non-hydrogen) atoms. The summed E-state index contributed by atoms with van der Waals surface area (Å²) in [7, 11) is 1.32. The normalized spacial score (nSPS) is 37.5. The lowest BCUT2D eigenvalue weighted by molar-refractivity contribution is -0.166. The number of esters is 1. The van der Waals surface area contributed by atoms with Crippen LogP contribution in [0, 0.1) is 17.8 Å². The Bertz CT molecular complexity index is 506. The van der Waals surface area contributed by atoms with Gasteiger partial charge in [-0.1, -0.05) is 19.1 Å². The molecule has 2 fully saturated rings. The molecule has 2 aliphatic rings. The third kappa shape index (κ3) is 4.84. The molecular weight excluding hydrogens is 340 g/mol. The first-order valence-electron chi connectivity index (χ1n) is 9.24. The molecular formula is C19H32O7. The highest BCUT2D eigenvalue weighted by Gasteiger charge is 2.48. The number of methoxy groups -OCH3 is 1. The van der Waals surface area contributed by atoms with E-state index in [0.717, 1.165) is 0 Å². The van der Waals surface area contributed by atoms with Gasteiger partial charge in [-0.05, 0) is 26.7 Å². The quantitative estimate of drug-likeness (QED) is 0.326. The second-order valence-electron chi connectivity index (χ2n) is 7.69. The number of hydrogen-bond donors (Lipinski definition) is 3. The number of hydrogen-bond acceptors (Lipinski definition) is 7. The van der Waals surface area contributed by atoms with Crippen LogP contribution in [0.15, 0.2) is 12.2 Å². The Kier molecular flexibility index (Phi) is 7.21.